The van der Waals surface area contributed by atoms with Crippen LogP contribution in [0.4, 0.5) is 4.79 Å². The number of rotatable bonds is 5. The average molecular weight is 297 g/mol. The maximum atomic E-state index is 12.0. The maximum Gasteiger partial charge on any atom is 0.315 e. The molecule has 5 heteroatoms. The van der Waals surface area contributed by atoms with Gasteiger partial charge in [-0.15, -0.1) is 6.58 Å². The Bertz CT molecular complexity index is 334. The molecule has 0 saturated carbocycles. The fraction of sp³-hybridized carbons (Fsp3) is 0.800. The first-order chi connectivity index (χ1) is 9.61. The van der Waals surface area contributed by atoms with Crippen LogP contribution in [0.5, 0.6) is 0 Å². The first kappa shape index (κ1) is 15.7. The van der Waals surface area contributed by atoms with Crippen molar-refractivity contribution in [1.82, 2.24) is 15.5 Å². The minimum atomic E-state index is 0.000829. The van der Waals surface area contributed by atoms with Crippen LogP contribution in [0.2, 0.25) is 0 Å². The van der Waals surface area contributed by atoms with Crippen LogP contribution in [0, 0.1) is 0 Å². The molecule has 0 bridgehead atoms. The second-order valence-corrected chi connectivity index (χ2v) is 7.78. The van der Waals surface area contributed by atoms with Crippen molar-refractivity contribution < 1.29 is 4.79 Å². The van der Waals surface area contributed by atoms with Crippen molar-refractivity contribution in [1.29, 1.82) is 0 Å². The molecule has 1 atom stereocenters. The Morgan fingerprint density at radius 3 is 2.85 bits per heavy atom. The third-order valence-electron chi connectivity index (χ3n) is 4.23. The van der Waals surface area contributed by atoms with Gasteiger partial charge in [0.25, 0.3) is 0 Å². The number of thioether (sulfide) groups is 1. The van der Waals surface area contributed by atoms with Gasteiger partial charge in [0.2, 0.25) is 0 Å². The van der Waals surface area contributed by atoms with E-state index in [1.807, 2.05) is 17.8 Å². The van der Waals surface area contributed by atoms with E-state index in [0.29, 0.717) is 6.04 Å². The molecule has 114 valence electrons. The first-order valence-corrected chi connectivity index (χ1v) is 8.61. The highest BCUT2D eigenvalue weighted by Crippen LogP contribution is 2.36. The molecule has 2 saturated heterocycles. The van der Waals surface area contributed by atoms with Crippen molar-refractivity contribution in [2.45, 2.75) is 43.4 Å². The predicted octanol–water partition coefficient (Wildman–Crippen LogP) is 2.22. The predicted molar refractivity (Wildman–Crippen MR) is 86.3 cm³/mol. The number of piperidine rings is 1. The van der Waals surface area contributed by atoms with E-state index in [2.05, 4.69) is 29.0 Å². The lowest BCUT2D eigenvalue weighted by Gasteiger charge is -2.32. The van der Waals surface area contributed by atoms with E-state index in [0.717, 1.165) is 39.0 Å². The highest BCUT2D eigenvalue weighted by atomic mass is 32.2. The summed E-state index contributed by atoms with van der Waals surface area (Å²) in [6.07, 6.45) is 6.49. The Kier molecular flexibility index (Phi) is 5.78. The molecule has 2 heterocycles. The molecule has 2 aliphatic rings. The number of nitrogens with one attached hydrogen (secondary N) is 2. The van der Waals surface area contributed by atoms with E-state index in [4.69, 9.17) is 0 Å². The molecule has 2 aliphatic heterocycles. The molecule has 20 heavy (non-hydrogen) atoms. The van der Waals surface area contributed by atoms with Crippen LogP contribution >= 0.6 is 11.8 Å². The molecule has 0 aliphatic carbocycles. The number of likely N-dealkylation sites (tertiary alicyclic amines) is 1. The number of urea groups is 1. The van der Waals surface area contributed by atoms with Crippen LogP contribution < -0.4 is 10.6 Å². The number of nitrogens with zero attached hydrogens (tertiary/aromatic N) is 1. The monoisotopic (exact) mass is 297 g/mol. The van der Waals surface area contributed by atoms with Crippen molar-refractivity contribution in [3.8, 4) is 0 Å². The largest absolute Gasteiger partial charge is 0.337 e. The Hall–Kier alpha value is -0.680. The summed E-state index contributed by atoms with van der Waals surface area (Å²) in [4.78, 5) is 14.3. The van der Waals surface area contributed by atoms with Gasteiger partial charge in [0, 0.05) is 37.0 Å². The number of hydrogen-bond donors (Lipinski definition) is 2. The van der Waals surface area contributed by atoms with Crippen LogP contribution in [-0.4, -0.2) is 53.7 Å². The van der Waals surface area contributed by atoms with Crippen molar-refractivity contribution in [3.63, 3.8) is 0 Å². The maximum absolute atomic E-state index is 12.0. The summed E-state index contributed by atoms with van der Waals surface area (Å²) in [5.74, 6) is 1.22. The molecule has 0 aromatic rings. The van der Waals surface area contributed by atoms with Gasteiger partial charge in [-0.25, -0.2) is 4.79 Å². The fourth-order valence-electron chi connectivity index (χ4n) is 2.92. The Morgan fingerprint density at radius 1 is 1.50 bits per heavy atom. The van der Waals surface area contributed by atoms with Gasteiger partial charge in [-0.1, -0.05) is 6.08 Å². The fourth-order valence-corrected chi connectivity index (χ4v) is 4.17. The molecule has 2 N–H and O–H groups in total. The highest BCUT2D eigenvalue weighted by molar-refractivity contribution is 8.00. The van der Waals surface area contributed by atoms with Crippen LogP contribution in [0.1, 0.15) is 32.6 Å². The van der Waals surface area contributed by atoms with E-state index < -0.39 is 0 Å². The molecular weight excluding hydrogens is 270 g/mol. The minimum Gasteiger partial charge on any atom is -0.337 e. The topological polar surface area (TPSA) is 44.4 Å². The number of amides is 2. The van der Waals surface area contributed by atoms with E-state index in [1.54, 1.807) is 0 Å². The van der Waals surface area contributed by atoms with Gasteiger partial charge in [0.05, 0.1) is 0 Å². The van der Waals surface area contributed by atoms with Crippen LogP contribution in [0.3, 0.4) is 0 Å². The number of carbonyl (C=O) groups excluding carboxylic acids is 1. The summed E-state index contributed by atoms with van der Waals surface area (Å²) < 4.78 is 0.241. The van der Waals surface area contributed by atoms with Gasteiger partial charge in [-0.2, -0.15) is 11.8 Å². The van der Waals surface area contributed by atoms with Gasteiger partial charge < -0.3 is 10.6 Å². The number of hydrogen-bond acceptors (Lipinski definition) is 3. The summed E-state index contributed by atoms with van der Waals surface area (Å²) >= 11 is 1.98. The zero-order valence-electron chi connectivity index (χ0n) is 12.5. The smallest absolute Gasteiger partial charge is 0.315 e. The molecule has 0 aromatic heterocycles. The minimum absolute atomic E-state index is 0.000829. The number of carbonyl (C=O) groups is 1. The summed E-state index contributed by atoms with van der Waals surface area (Å²) in [6.45, 7) is 9.84. The second-order valence-electron chi connectivity index (χ2n) is 6.09. The molecule has 2 rings (SSSR count). The molecule has 2 fully saturated rings. The van der Waals surface area contributed by atoms with Crippen LogP contribution in [0.25, 0.3) is 0 Å². The van der Waals surface area contributed by atoms with Gasteiger partial charge in [0.1, 0.15) is 0 Å². The Morgan fingerprint density at radius 2 is 2.25 bits per heavy atom. The highest BCUT2D eigenvalue weighted by Gasteiger charge is 2.30. The summed E-state index contributed by atoms with van der Waals surface area (Å²) in [6, 6.07) is 0.320. The lowest BCUT2D eigenvalue weighted by molar-refractivity contribution is 0.203. The molecule has 0 radical (unpaired) electrons. The molecular formula is C15H27N3OS. The average Bonchev–Trinajstić information content (AvgIpc) is 2.87. The third-order valence-corrected chi connectivity index (χ3v) is 5.77. The van der Waals surface area contributed by atoms with Crippen LogP contribution in [0.15, 0.2) is 12.7 Å². The molecule has 0 aromatic carbocycles. The zero-order chi connectivity index (χ0) is 14.4. The van der Waals surface area contributed by atoms with Gasteiger partial charge in [-0.05, 0) is 38.4 Å². The third kappa shape index (κ3) is 4.70. The van der Waals surface area contributed by atoms with E-state index in [1.165, 1.54) is 18.6 Å². The summed E-state index contributed by atoms with van der Waals surface area (Å²) in [5, 5.41) is 6.16. The van der Waals surface area contributed by atoms with Gasteiger partial charge >= 0.3 is 6.03 Å². The summed E-state index contributed by atoms with van der Waals surface area (Å²) in [7, 11) is 0. The van der Waals surface area contributed by atoms with Crippen molar-refractivity contribution in [2.24, 2.45) is 0 Å². The van der Waals surface area contributed by atoms with Crippen molar-refractivity contribution in [2.75, 3.05) is 31.9 Å². The normalized spacial score (nSPS) is 28.2. The molecule has 4 nitrogen and oxygen atoms in total. The van der Waals surface area contributed by atoms with Gasteiger partial charge in [-0.3, -0.25) is 4.90 Å². The second kappa shape index (κ2) is 7.36. The van der Waals surface area contributed by atoms with E-state index in [-0.39, 0.29) is 10.8 Å². The van der Waals surface area contributed by atoms with Gasteiger partial charge in [0.15, 0.2) is 0 Å². The lowest BCUT2D eigenvalue weighted by Crippen LogP contribution is -2.49. The van der Waals surface area contributed by atoms with Crippen molar-refractivity contribution in [3.05, 3.63) is 12.7 Å². The van der Waals surface area contributed by atoms with Crippen molar-refractivity contribution >= 4 is 17.8 Å². The standard InChI is InChI=1S/C15H27N3OS/c1-3-8-18-9-5-13(6-10-18)17-14(19)16-12-15(2)7-4-11-20-15/h3,13H,1,4-12H2,2H3,(H2,16,17,19). The molecule has 1 unspecified atom stereocenters. The summed E-state index contributed by atoms with van der Waals surface area (Å²) in [5.41, 5.74) is 0. The van der Waals surface area contributed by atoms with E-state index in [9.17, 15) is 4.79 Å². The SMILES string of the molecule is C=CCN1CCC(NC(=O)NCC2(C)CCCS2)CC1. The molecule has 0 spiro atoms. The zero-order valence-corrected chi connectivity index (χ0v) is 13.3. The lowest BCUT2D eigenvalue weighted by atomic mass is 10.1. The Labute approximate surface area is 126 Å². The van der Waals surface area contributed by atoms with Crippen LogP contribution in [-0.2, 0) is 0 Å². The Balaban J connectivity index is 1.64. The van der Waals surface area contributed by atoms with E-state index >= 15 is 0 Å². The first-order valence-electron chi connectivity index (χ1n) is 7.63. The molecule has 2 amide bonds. The quantitative estimate of drug-likeness (QED) is 0.765.